The van der Waals surface area contributed by atoms with Crippen LogP contribution in [0.25, 0.3) is 0 Å². The Morgan fingerprint density at radius 2 is 2.15 bits per heavy atom. The second-order valence-corrected chi connectivity index (χ2v) is 3.78. The van der Waals surface area contributed by atoms with E-state index in [-0.39, 0.29) is 12.2 Å². The van der Waals surface area contributed by atoms with Crippen LogP contribution in [-0.2, 0) is 9.47 Å². The molecule has 1 N–H and O–H groups in total. The molecule has 1 saturated heterocycles. The van der Waals surface area contributed by atoms with Crippen LogP contribution in [0.2, 0.25) is 0 Å². The smallest absolute Gasteiger partial charge is 0.164 e. The quantitative estimate of drug-likeness (QED) is 0.678. The fourth-order valence-corrected chi connectivity index (χ4v) is 1.53. The van der Waals surface area contributed by atoms with Gasteiger partial charge in [0.2, 0.25) is 0 Å². The molecule has 0 bridgehead atoms. The van der Waals surface area contributed by atoms with Gasteiger partial charge in [0.05, 0.1) is 6.10 Å². The van der Waals surface area contributed by atoms with Crippen molar-refractivity contribution < 1.29 is 14.6 Å². The highest BCUT2D eigenvalue weighted by atomic mass is 16.8. The van der Waals surface area contributed by atoms with Gasteiger partial charge in [-0.1, -0.05) is 13.0 Å². The zero-order valence-corrected chi connectivity index (χ0v) is 8.49. The summed E-state index contributed by atoms with van der Waals surface area (Å²) in [6.07, 6.45) is 1.37. The van der Waals surface area contributed by atoms with E-state index in [1.807, 2.05) is 20.8 Å². The average molecular weight is 186 g/mol. The summed E-state index contributed by atoms with van der Waals surface area (Å²) >= 11 is 0. The van der Waals surface area contributed by atoms with Gasteiger partial charge in [0.25, 0.3) is 0 Å². The minimum Gasteiger partial charge on any atom is -0.390 e. The second-order valence-electron chi connectivity index (χ2n) is 3.78. The first-order valence-electron chi connectivity index (χ1n) is 4.66. The lowest BCUT2D eigenvalue weighted by molar-refractivity contribution is -0.153. The summed E-state index contributed by atoms with van der Waals surface area (Å²) in [5, 5.41) is 9.64. The normalized spacial score (nSPS) is 34.5. The average Bonchev–Trinajstić information content (AvgIpc) is 2.39. The first-order valence-corrected chi connectivity index (χ1v) is 4.66. The van der Waals surface area contributed by atoms with Crippen molar-refractivity contribution in [2.24, 2.45) is 0 Å². The molecule has 3 nitrogen and oxygen atoms in total. The zero-order chi connectivity index (χ0) is 10.1. The van der Waals surface area contributed by atoms with Crippen molar-refractivity contribution in [2.75, 3.05) is 0 Å². The molecule has 0 unspecified atom stereocenters. The van der Waals surface area contributed by atoms with Crippen molar-refractivity contribution in [1.29, 1.82) is 0 Å². The van der Waals surface area contributed by atoms with Crippen LogP contribution >= 0.6 is 0 Å². The van der Waals surface area contributed by atoms with Gasteiger partial charge in [-0.05, 0) is 20.3 Å². The van der Waals surface area contributed by atoms with E-state index >= 15 is 0 Å². The van der Waals surface area contributed by atoms with Crippen molar-refractivity contribution >= 4 is 0 Å². The Morgan fingerprint density at radius 1 is 1.54 bits per heavy atom. The maximum atomic E-state index is 9.64. The predicted octanol–water partition coefficient (Wildman–Crippen LogP) is 1.46. The van der Waals surface area contributed by atoms with Gasteiger partial charge in [0.15, 0.2) is 5.79 Å². The van der Waals surface area contributed by atoms with Crippen LogP contribution in [0, 0.1) is 0 Å². The molecule has 0 spiro atoms. The molecule has 0 aliphatic carbocycles. The largest absolute Gasteiger partial charge is 0.390 e. The van der Waals surface area contributed by atoms with Crippen molar-refractivity contribution in [3.05, 3.63) is 12.7 Å². The van der Waals surface area contributed by atoms with Crippen molar-refractivity contribution in [2.45, 2.75) is 51.3 Å². The molecule has 13 heavy (non-hydrogen) atoms. The number of ether oxygens (including phenoxy) is 2. The highest BCUT2D eigenvalue weighted by molar-refractivity contribution is 4.95. The summed E-state index contributed by atoms with van der Waals surface area (Å²) in [6, 6.07) is 0. The van der Waals surface area contributed by atoms with Crippen molar-refractivity contribution in [1.82, 2.24) is 0 Å². The summed E-state index contributed by atoms with van der Waals surface area (Å²) in [5.74, 6) is -0.611. The Labute approximate surface area is 79.3 Å². The Kier molecular flexibility index (Phi) is 3.11. The summed E-state index contributed by atoms with van der Waals surface area (Å²) < 4.78 is 11.1. The van der Waals surface area contributed by atoms with Crippen LogP contribution in [0.1, 0.15) is 27.2 Å². The molecule has 1 heterocycles. The fourth-order valence-electron chi connectivity index (χ4n) is 1.53. The zero-order valence-electron chi connectivity index (χ0n) is 8.49. The van der Waals surface area contributed by atoms with E-state index in [1.54, 1.807) is 6.08 Å². The van der Waals surface area contributed by atoms with Crippen LogP contribution in [0.3, 0.4) is 0 Å². The first kappa shape index (κ1) is 10.7. The minimum atomic E-state index is -0.611. The van der Waals surface area contributed by atoms with Gasteiger partial charge in [-0.25, -0.2) is 0 Å². The molecule has 0 radical (unpaired) electrons. The van der Waals surface area contributed by atoms with Gasteiger partial charge in [0.1, 0.15) is 12.2 Å². The van der Waals surface area contributed by atoms with Crippen LogP contribution < -0.4 is 0 Å². The maximum absolute atomic E-state index is 9.64. The lowest BCUT2D eigenvalue weighted by Crippen LogP contribution is -2.33. The number of rotatable bonds is 3. The third kappa shape index (κ3) is 2.30. The molecule has 3 atom stereocenters. The van der Waals surface area contributed by atoms with E-state index in [2.05, 4.69) is 6.58 Å². The molecule has 1 aliphatic rings. The second kappa shape index (κ2) is 3.78. The predicted molar refractivity (Wildman–Crippen MR) is 50.3 cm³/mol. The van der Waals surface area contributed by atoms with Gasteiger partial charge >= 0.3 is 0 Å². The molecule has 1 fully saturated rings. The molecule has 0 aromatic carbocycles. The SMILES string of the molecule is C=C[C@@H]1OC(C)(C)O[C@@H]1[C@@H](O)CC. The highest BCUT2D eigenvalue weighted by Gasteiger charge is 2.42. The molecule has 1 aliphatic heterocycles. The van der Waals surface area contributed by atoms with Gasteiger partial charge < -0.3 is 14.6 Å². The van der Waals surface area contributed by atoms with E-state index in [4.69, 9.17) is 9.47 Å². The van der Waals surface area contributed by atoms with E-state index < -0.39 is 11.9 Å². The summed E-state index contributed by atoms with van der Waals surface area (Å²) in [6.45, 7) is 9.25. The van der Waals surface area contributed by atoms with Gasteiger partial charge in [0, 0.05) is 0 Å². The third-order valence-corrected chi connectivity index (χ3v) is 2.19. The molecule has 3 heteroatoms. The van der Waals surface area contributed by atoms with E-state index in [0.717, 1.165) is 0 Å². The monoisotopic (exact) mass is 186 g/mol. The summed E-state index contributed by atoms with van der Waals surface area (Å²) in [4.78, 5) is 0. The minimum absolute atomic E-state index is 0.204. The summed E-state index contributed by atoms with van der Waals surface area (Å²) in [5.41, 5.74) is 0. The number of aliphatic hydroxyl groups is 1. The molecule has 76 valence electrons. The highest BCUT2D eigenvalue weighted by Crippen LogP contribution is 2.31. The van der Waals surface area contributed by atoms with Crippen LogP contribution in [-0.4, -0.2) is 29.2 Å². The standard InChI is InChI=1S/C10H18O3/c1-5-7(11)9-8(6-2)12-10(3,4)13-9/h6-9,11H,2,5H2,1,3-4H3/t7-,8-,9+/m0/s1. The van der Waals surface area contributed by atoms with E-state index in [0.29, 0.717) is 6.42 Å². The van der Waals surface area contributed by atoms with Crippen molar-refractivity contribution in [3.63, 3.8) is 0 Å². The van der Waals surface area contributed by atoms with Crippen LogP contribution in [0.15, 0.2) is 12.7 Å². The van der Waals surface area contributed by atoms with Gasteiger partial charge in [-0.2, -0.15) is 0 Å². The number of aliphatic hydroxyl groups excluding tert-OH is 1. The van der Waals surface area contributed by atoms with Gasteiger partial charge in [-0.3, -0.25) is 0 Å². The molecule has 0 saturated carbocycles. The first-order chi connectivity index (χ1) is 6.00. The maximum Gasteiger partial charge on any atom is 0.164 e. The summed E-state index contributed by atoms with van der Waals surface area (Å²) in [7, 11) is 0. The van der Waals surface area contributed by atoms with Gasteiger partial charge in [-0.15, -0.1) is 6.58 Å². The van der Waals surface area contributed by atoms with Crippen LogP contribution in [0.5, 0.6) is 0 Å². The topological polar surface area (TPSA) is 38.7 Å². The van der Waals surface area contributed by atoms with Crippen LogP contribution in [0.4, 0.5) is 0 Å². The molecule has 1 rings (SSSR count). The van der Waals surface area contributed by atoms with E-state index in [9.17, 15) is 5.11 Å². The van der Waals surface area contributed by atoms with Crippen molar-refractivity contribution in [3.8, 4) is 0 Å². The molecule has 0 aromatic rings. The number of hydrogen-bond donors (Lipinski definition) is 1. The fraction of sp³-hybridized carbons (Fsp3) is 0.800. The lowest BCUT2D eigenvalue weighted by atomic mass is 10.1. The Bertz CT molecular complexity index is 189. The lowest BCUT2D eigenvalue weighted by Gasteiger charge is -2.19. The molecular weight excluding hydrogens is 168 g/mol. The van der Waals surface area contributed by atoms with E-state index in [1.165, 1.54) is 0 Å². The molecule has 0 aromatic heterocycles. The third-order valence-electron chi connectivity index (χ3n) is 2.19. The Hall–Kier alpha value is -0.380. The Balaban J connectivity index is 2.68. The Morgan fingerprint density at radius 3 is 2.62 bits per heavy atom. The molecular formula is C10H18O3. The number of hydrogen-bond acceptors (Lipinski definition) is 3. The molecule has 0 amide bonds.